The summed E-state index contributed by atoms with van der Waals surface area (Å²) < 4.78 is 56.3. The summed E-state index contributed by atoms with van der Waals surface area (Å²) >= 11 is 5.75. The van der Waals surface area contributed by atoms with Gasteiger partial charge in [0.1, 0.15) is 12.7 Å². The van der Waals surface area contributed by atoms with Crippen LogP contribution in [0.1, 0.15) is 34.7 Å². The van der Waals surface area contributed by atoms with Gasteiger partial charge in [-0.05, 0) is 25.1 Å². The third kappa shape index (κ3) is 5.79. The average molecular weight is 488 g/mol. The molecule has 170 valence electrons. The number of carbonyl (C=O) groups excluding carboxylic acids is 1. The summed E-state index contributed by atoms with van der Waals surface area (Å²) in [5.74, 6) is -0.121. The average Bonchev–Trinajstić information content (AvgIpc) is 3.15. The number of hydrogen-bond donors (Lipinski definition) is 1. The summed E-state index contributed by atoms with van der Waals surface area (Å²) in [6, 6.07) is 3.25. The number of nitrogens with one attached hydrogen (secondary N) is 1. The lowest BCUT2D eigenvalue weighted by Gasteiger charge is -2.15. The van der Waals surface area contributed by atoms with E-state index in [2.05, 4.69) is 29.7 Å². The fraction of sp³-hybridized carbons (Fsp3) is 0.278. The summed E-state index contributed by atoms with van der Waals surface area (Å²) in [4.78, 5) is 24.7. The Kier molecular flexibility index (Phi) is 6.51. The Labute approximate surface area is 186 Å². The maximum Gasteiger partial charge on any atom is 0.416 e. The SMILES string of the molecule is C[C@H](NC(=O)c1cc(Cl)cc(C(F)(F)F)c1)c1ncnn1-c1cc(N=S(C)(C)=O)ncn1. The Hall–Kier alpha value is -3.06. The number of halogens is 4. The third-order valence-corrected chi connectivity index (χ3v) is 4.81. The van der Waals surface area contributed by atoms with E-state index >= 15 is 0 Å². The van der Waals surface area contributed by atoms with Crippen LogP contribution in [0.2, 0.25) is 5.02 Å². The van der Waals surface area contributed by atoms with Crippen LogP contribution in [-0.2, 0) is 15.9 Å². The number of benzene rings is 1. The van der Waals surface area contributed by atoms with Gasteiger partial charge in [-0.25, -0.2) is 19.2 Å². The first kappa shape index (κ1) is 23.6. The smallest absolute Gasteiger partial charge is 0.342 e. The minimum atomic E-state index is -4.65. The zero-order valence-corrected chi connectivity index (χ0v) is 18.5. The van der Waals surface area contributed by atoms with E-state index < -0.39 is 33.4 Å². The molecule has 1 amide bonds. The molecule has 3 rings (SSSR count). The minimum Gasteiger partial charge on any atom is -0.342 e. The molecule has 9 nitrogen and oxygen atoms in total. The summed E-state index contributed by atoms with van der Waals surface area (Å²) in [5.41, 5.74) is -1.29. The lowest BCUT2D eigenvalue weighted by molar-refractivity contribution is -0.137. The quantitative estimate of drug-likeness (QED) is 0.588. The van der Waals surface area contributed by atoms with E-state index in [9.17, 15) is 22.2 Å². The van der Waals surface area contributed by atoms with Gasteiger partial charge >= 0.3 is 6.18 Å². The van der Waals surface area contributed by atoms with Crippen LogP contribution in [0.4, 0.5) is 19.0 Å². The number of amides is 1. The predicted octanol–water partition coefficient (Wildman–Crippen LogP) is 3.58. The topological polar surface area (TPSA) is 115 Å². The Morgan fingerprint density at radius 3 is 2.53 bits per heavy atom. The van der Waals surface area contributed by atoms with Crippen molar-refractivity contribution in [1.29, 1.82) is 0 Å². The minimum absolute atomic E-state index is 0.168. The molecule has 1 aromatic carbocycles. The number of carbonyl (C=O) groups is 1. The van der Waals surface area contributed by atoms with Crippen LogP contribution in [0.25, 0.3) is 5.82 Å². The molecule has 0 unspecified atom stereocenters. The highest BCUT2D eigenvalue weighted by Gasteiger charge is 2.32. The molecule has 0 aliphatic rings. The number of nitrogens with zero attached hydrogens (tertiary/aromatic N) is 6. The molecule has 0 aliphatic carbocycles. The normalized spacial score (nSPS) is 13.0. The molecular formula is C18H17ClF3N7O2S. The second-order valence-electron chi connectivity index (χ2n) is 6.96. The molecule has 1 atom stereocenters. The molecule has 0 bridgehead atoms. The number of hydrogen-bond acceptors (Lipinski definition) is 7. The zero-order valence-electron chi connectivity index (χ0n) is 17.0. The molecule has 2 heterocycles. The number of aromatic nitrogens is 5. The van der Waals surface area contributed by atoms with Gasteiger partial charge in [-0.1, -0.05) is 11.6 Å². The highest BCUT2D eigenvalue weighted by molar-refractivity contribution is 7.92. The number of alkyl halides is 3. The Morgan fingerprint density at radius 2 is 1.88 bits per heavy atom. The Balaban J connectivity index is 1.88. The lowest BCUT2D eigenvalue weighted by atomic mass is 10.1. The van der Waals surface area contributed by atoms with Crippen LogP contribution in [0.5, 0.6) is 0 Å². The molecule has 0 aliphatic heterocycles. The molecule has 0 radical (unpaired) electrons. The van der Waals surface area contributed by atoms with Crippen molar-refractivity contribution in [2.45, 2.75) is 19.1 Å². The third-order valence-electron chi connectivity index (χ3n) is 3.96. The molecule has 3 aromatic rings. The van der Waals surface area contributed by atoms with Gasteiger partial charge in [-0.2, -0.15) is 27.3 Å². The van der Waals surface area contributed by atoms with Gasteiger partial charge in [0.2, 0.25) is 0 Å². The highest BCUT2D eigenvalue weighted by Crippen LogP contribution is 2.32. The number of rotatable bonds is 5. The van der Waals surface area contributed by atoms with E-state index in [1.807, 2.05) is 0 Å². The fourth-order valence-electron chi connectivity index (χ4n) is 2.68. The van der Waals surface area contributed by atoms with E-state index in [-0.39, 0.29) is 28.0 Å². The summed E-state index contributed by atoms with van der Waals surface area (Å²) in [6.07, 6.45) is 0.683. The van der Waals surface area contributed by atoms with E-state index in [1.54, 1.807) is 6.92 Å². The fourth-order valence-corrected chi connectivity index (χ4v) is 3.46. The van der Waals surface area contributed by atoms with Gasteiger partial charge in [0.05, 0.1) is 11.6 Å². The van der Waals surface area contributed by atoms with Crippen molar-refractivity contribution < 1.29 is 22.2 Å². The lowest BCUT2D eigenvalue weighted by Crippen LogP contribution is -2.29. The summed E-state index contributed by atoms with van der Waals surface area (Å²) in [6.45, 7) is 1.57. The van der Waals surface area contributed by atoms with Gasteiger partial charge in [0.15, 0.2) is 17.5 Å². The van der Waals surface area contributed by atoms with Crippen molar-refractivity contribution in [3.05, 3.63) is 58.9 Å². The second kappa shape index (κ2) is 8.82. The molecule has 0 saturated carbocycles. The van der Waals surface area contributed by atoms with Crippen LogP contribution in [0.3, 0.4) is 0 Å². The Bertz CT molecular complexity index is 1280. The van der Waals surface area contributed by atoms with Gasteiger partial charge in [0, 0.05) is 38.9 Å². The summed E-state index contributed by atoms with van der Waals surface area (Å²) in [5, 5.41) is 6.41. The second-order valence-corrected chi connectivity index (χ2v) is 9.94. The maximum atomic E-state index is 13.0. The highest BCUT2D eigenvalue weighted by atomic mass is 35.5. The van der Waals surface area contributed by atoms with Crippen molar-refractivity contribution >= 4 is 33.1 Å². The van der Waals surface area contributed by atoms with Crippen LogP contribution in [0.15, 0.2) is 41.3 Å². The molecule has 1 N–H and O–H groups in total. The molecule has 0 saturated heterocycles. The van der Waals surface area contributed by atoms with Gasteiger partial charge in [0.25, 0.3) is 5.91 Å². The van der Waals surface area contributed by atoms with Crippen molar-refractivity contribution in [3.63, 3.8) is 0 Å². The van der Waals surface area contributed by atoms with Crippen molar-refractivity contribution in [2.75, 3.05) is 12.5 Å². The van der Waals surface area contributed by atoms with E-state index in [1.165, 1.54) is 35.9 Å². The monoisotopic (exact) mass is 487 g/mol. The molecule has 0 spiro atoms. The molecule has 0 fully saturated rings. The van der Waals surface area contributed by atoms with Crippen molar-refractivity contribution in [2.24, 2.45) is 4.36 Å². The van der Waals surface area contributed by atoms with Gasteiger partial charge in [-0.15, -0.1) is 0 Å². The van der Waals surface area contributed by atoms with Crippen LogP contribution >= 0.6 is 11.6 Å². The van der Waals surface area contributed by atoms with E-state index in [0.29, 0.717) is 6.07 Å². The van der Waals surface area contributed by atoms with E-state index in [4.69, 9.17) is 11.6 Å². The predicted molar refractivity (Wildman–Crippen MR) is 111 cm³/mol. The Morgan fingerprint density at radius 1 is 1.16 bits per heavy atom. The molecule has 32 heavy (non-hydrogen) atoms. The zero-order chi connectivity index (χ0) is 23.7. The first-order valence-corrected chi connectivity index (χ1v) is 11.6. The molecular weight excluding hydrogens is 471 g/mol. The summed E-state index contributed by atoms with van der Waals surface area (Å²) in [7, 11) is -2.46. The van der Waals surface area contributed by atoms with Crippen LogP contribution < -0.4 is 5.32 Å². The van der Waals surface area contributed by atoms with Crippen molar-refractivity contribution in [1.82, 2.24) is 30.0 Å². The van der Waals surface area contributed by atoms with Crippen LogP contribution in [-0.4, -0.2) is 47.4 Å². The van der Waals surface area contributed by atoms with Crippen molar-refractivity contribution in [3.8, 4) is 5.82 Å². The van der Waals surface area contributed by atoms with Gasteiger partial charge in [-0.3, -0.25) is 4.79 Å². The first-order chi connectivity index (χ1) is 14.8. The standard InChI is InChI=1S/C18H17ClF3N7O2S/c1-10(27-17(30)11-4-12(18(20,21)22)6-13(19)5-11)16-25-9-26-29(16)15-7-14(23-8-24-15)28-32(2,3)31/h4-10H,1-3H3,(H,27,30)/t10-/m0/s1. The van der Waals surface area contributed by atoms with Gasteiger partial charge < -0.3 is 5.32 Å². The first-order valence-electron chi connectivity index (χ1n) is 8.91. The van der Waals surface area contributed by atoms with E-state index in [0.717, 1.165) is 12.1 Å². The molecule has 2 aromatic heterocycles. The van der Waals surface area contributed by atoms with Crippen LogP contribution in [0, 0.1) is 0 Å². The maximum absolute atomic E-state index is 13.0. The molecule has 14 heteroatoms. The largest absolute Gasteiger partial charge is 0.416 e.